The minimum atomic E-state index is -0.163. The molecule has 1 N–H and O–H groups in total. The van der Waals surface area contributed by atoms with Crippen LogP contribution >= 0.6 is 0 Å². The lowest BCUT2D eigenvalue weighted by Crippen LogP contribution is -2.11. The Kier molecular flexibility index (Phi) is 12.9. The van der Waals surface area contributed by atoms with Crippen molar-refractivity contribution in [3.8, 4) is 84.3 Å². The van der Waals surface area contributed by atoms with E-state index in [0.717, 1.165) is 89.3 Å². The number of hydrogen-bond acceptors (Lipinski definition) is 3. The number of para-hydroxylation sites is 3. The summed E-state index contributed by atoms with van der Waals surface area (Å²) in [6, 6.07) is 75.0. The third kappa shape index (κ3) is 9.94. The highest BCUT2D eigenvalue weighted by Crippen LogP contribution is 2.45. The molecule has 3 heterocycles. The fraction of sp³-hybridized carbons (Fsp3) is 0.211. The topological polar surface area (TPSA) is 55.9 Å². The molecule has 12 aromatic rings. The van der Waals surface area contributed by atoms with Crippen LogP contribution in [0.2, 0.25) is 0 Å². The van der Waals surface area contributed by atoms with Gasteiger partial charge in [0.05, 0.1) is 33.3 Å². The lowest BCUT2D eigenvalue weighted by molar-refractivity contribution is 0.472. The van der Waals surface area contributed by atoms with Gasteiger partial charge in [-0.25, -0.2) is 4.98 Å². The van der Waals surface area contributed by atoms with Gasteiger partial charge in [-0.05, 0) is 162 Å². The molecule has 12 rings (SSSR count). The SMILES string of the molecule is CC(C)(C)c1ccc(-c2cc(-c3cc(-c4cccc5c6ccccc6n(-c6ccccc6)c45)ccn3)cc(-c3cc(-c4ccc(C(C)(C)C)cc4)cc4c3nc(-c3ccc(C(C)(C)C)cc3O)n4-c3ccc(C(C)(C)C)cc3)c2)cc1. The van der Waals surface area contributed by atoms with Gasteiger partial charge in [-0.1, -0.05) is 204 Å². The summed E-state index contributed by atoms with van der Waals surface area (Å²) in [6.45, 7) is 26.8. The van der Waals surface area contributed by atoms with E-state index >= 15 is 0 Å². The zero-order valence-electron chi connectivity index (χ0n) is 48.9. The summed E-state index contributed by atoms with van der Waals surface area (Å²) in [5.74, 6) is 0.858. The van der Waals surface area contributed by atoms with E-state index in [1.807, 2.05) is 18.3 Å². The number of fused-ring (bicyclic) bond motifs is 4. The second kappa shape index (κ2) is 19.8. The van der Waals surface area contributed by atoms with Crippen molar-refractivity contribution in [2.45, 2.75) is 105 Å². The first-order chi connectivity index (χ1) is 38.6. The Bertz CT molecular complexity index is 4340. The van der Waals surface area contributed by atoms with Gasteiger partial charge in [-0.15, -0.1) is 0 Å². The van der Waals surface area contributed by atoms with Crippen LogP contribution in [-0.2, 0) is 21.7 Å². The van der Waals surface area contributed by atoms with Crippen molar-refractivity contribution in [2.75, 3.05) is 0 Å². The Hall–Kier alpha value is -8.80. The van der Waals surface area contributed by atoms with Crippen LogP contribution in [0.5, 0.6) is 5.75 Å². The summed E-state index contributed by atoms with van der Waals surface area (Å²) >= 11 is 0. The number of phenolic OH excluding ortho intramolecular Hbond substituents is 1. The molecule has 0 unspecified atom stereocenters. The summed E-state index contributed by atoms with van der Waals surface area (Å²) in [4.78, 5) is 10.9. The molecule has 5 heteroatoms. The molecule has 0 saturated heterocycles. The largest absolute Gasteiger partial charge is 0.507 e. The molecule has 81 heavy (non-hydrogen) atoms. The zero-order chi connectivity index (χ0) is 56.8. The lowest BCUT2D eigenvalue weighted by Gasteiger charge is -2.21. The van der Waals surface area contributed by atoms with Crippen LogP contribution in [0.4, 0.5) is 0 Å². The number of pyridine rings is 1. The van der Waals surface area contributed by atoms with Crippen LogP contribution in [0.15, 0.2) is 212 Å². The predicted octanol–water partition coefficient (Wildman–Crippen LogP) is 20.4. The number of imidazole rings is 1. The van der Waals surface area contributed by atoms with E-state index < -0.39 is 0 Å². The van der Waals surface area contributed by atoms with E-state index in [-0.39, 0.29) is 27.4 Å². The van der Waals surface area contributed by atoms with Gasteiger partial charge in [0.25, 0.3) is 0 Å². The van der Waals surface area contributed by atoms with Gasteiger partial charge >= 0.3 is 0 Å². The normalized spacial score (nSPS) is 12.5. The number of hydrogen-bond donors (Lipinski definition) is 1. The first-order valence-corrected chi connectivity index (χ1v) is 28.5. The summed E-state index contributed by atoms with van der Waals surface area (Å²) in [6.07, 6.45) is 1.96. The van der Waals surface area contributed by atoms with Crippen molar-refractivity contribution < 1.29 is 5.11 Å². The van der Waals surface area contributed by atoms with Crippen LogP contribution < -0.4 is 0 Å². The molecule has 0 aliphatic heterocycles. The van der Waals surface area contributed by atoms with Gasteiger partial charge in [0.2, 0.25) is 0 Å². The monoisotopic (exact) mass is 1060 g/mol. The first-order valence-electron chi connectivity index (χ1n) is 28.5. The fourth-order valence-corrected chi connectivity index (χ4v) is 11.6. The molecule has 0 bridgehead atoms. The number of aromatic hydroxyl groups is 1. The third-order valence-corrected chi connectivity index (χ3v) is 16.3. The van der Waals surface area contributed by atoms with Crippen molar-refractivity contribution in [1.29, 1.82) is 0 Å². The summed E-state index contributed by atoms with van der Waals surface area (Å²) < 4.78 is 4.65. The molecule has 0 amide bonds. The Labute approximate surface area is 478 Å². The van der Waals surface area contributed by atoms with Crippen LogP contribution in [0.1, 0.15) is 105 Å². The van der Waals surface area contributed by atoms with E-state index in [9.17, 15) is 5.11 Å². The lowest BCUT2D eigenvalue weighted by atomic mass is 9.85. The quantitative estimate of drug-likeness (QED) is 0.165. The predicted molar refractivity (Wildman–Crippen MR) is 342 cm³/mol. The maximum absolute atomic E-state index is 12.2. The number of nitrogens with zero attached hydrogens (tertiary/aromatic N) is 4. The summed E-state index contributed by atoms with van der Waals surface area (Å²) in [5.41, 5.74) is 21.8. The minimum absolute atomic E-state index is 0.00674. The van der Waals surface area contributed by atoms with Gasteiger partial charge < -0.3 is 9.67 Å². The molecular formula is C76H72N4O. The standard InChI is InChI=1S/C76H72N4O/c1-73(2,3)55-29-25-48(26-30-55)51-41-53(43-54(42-51)66-45-50(39-40-77-66)61-22-18-23-63-62-21-16-17-24-67(62)79(71(61)63)59-19-14-13-15-20-59)65-44-52(49-27-31-56(32-28-49)74(4,5)6)46-68-70(65)78-72(64-38-35-58(47-69(64)81)76(10,11)12)80(68)60-36-33-57(34-37-60)75(7,8)9/h13-47,81H,1-12H3. The van der Waals surface area contributed by atoms with E-state index in [0.29, 0.717) is 11.4 Å². The molecule has 0 radical (unpaired) electrons. The molecule has 0 aliphatic carbocycles. The van der Waals surface area contributed by atoms with Crippen LogP contribution in [0, 0.1) is 0 Å². The second-order valence-electron chi connectivity index (χ2n) is 26.2. The van der Waals surface area contributed by atoms with E-state index in [4.69, 9.17) is 9.97 Å². The molecule has 3 aromatic heterocycles. The molecule has 9 aromatic carbocycles. The second-order valence-corrected chi connectivity index (χ2v) is 26.2. The minimum Gasteiger partial charge on any atom is -0.507 e. The molecule has 0 aliphatic rings. The van der Waals surface area contributed by atoms with Gasteiger partial charge in [0, 0.05) is 45.0 Å². The van der Waals surface area contributed by atoms with Crippen LogP contribution in [0.3, 0.4) is 0 Å². The fourth-order valence-electron chi connectivity index (χ4n) is 11.6. The van der Waals surface area contributed by atoms with Crippen molar-refractivity contribution in [1.82, 2.24) is 19.1 Å². The summed E-state index contributed by atoms with van der Waals surface area (Å²) in [5, 5.41) is 14.6. The molecule has 5 nitrogen and oxygen atoms in total. The van der Waals surface area contributed by atoms with Crippen molar-refractivity contribution >= 4 is 32.8 Å². The highest BCUT2D eigenvalue weighted by molar-refractivity contribution is 6.14. The molecule has 0 fully saturated rings. The number of aromatic nitrogens is 4. The van der Waals surface area contributed by atoms with Gasteiger partial charge in [-0.2, -0.15) is 0 Å². The summed E-state index contributed by atoms with van der Waals surface area (Å²) in [7, 11) is 0. The van der Waals surface area contributed by atoms with Gasteiger partial charge in [0.15, 0.2) is 0 Å². The first kappa shape index (κ1) is 52.9. The molecular weight excluding hydrogens is 985 g/mol. The van der Waals surface area contributed by atoms with Crippen LogP contribution in [0.25, 0.3) is 111 Å². The third-order valence-electron chi connectivity index (χ3n) is 16.3. The van der Waals surface area contributed by atoms with E-state index in [1.165, 1.54) is 33.0 Å². The smallest absolute Gasteiger partial charge is 0.149 e. The average Bonchev–Trinajstić information content (AvgIpc) is 4.10. The maximum atomic E-state index is 12.2. The van der Waals surface area contributed by atoms with Crippen molar-refractivity contribution in [3.05, 3.63) is 235 Å². The zero-order valence-corrected chi connectivity index (χ0v) is 48.9. The Morgan fingerprint density at radius 1 is 0.346 bits per heavy atom. The van der Waals surface area contributed by atoms with Crippen molar-refractivity contribution in [2.24, 2.45) is 0 Å². The van der Waals surface area contributed by atoms with E-state index in [1.54, 1.807) is 0 Å². The molecule has 0 spiro atoms. The van der Waals surface area contributed by atoms with E-state index in [2.05, 4.69) is 286 Å². The number of benzene rings is 9. The Morgan fingerprint density at radius 2 is 0.877 bits per heavy atom. The number of phenols is 1. The number of rotatable bonds is 8. The van der Waals surface area contributed by atoms with Crippen molar-refractivity contribution in [3.63, 3.8) is 0 Å². The van der Waals surface area contributed by atoms with Gasteiger partial charge in [0.1, 0.15) is 11.6 Å². The highest BCUT2D eigenvalue weighted by atomic mass is 16.3. The van der Waals surface area contributed by atoms with Gasteiger partial charge in [-0.3, -0.25) is 9.55 Å². The molecule has 402 valence electrons. The average molecular weight is 1060 g/mol. The Morgan fingerprint density at radius 3 is 1.49 bits per heavy atom. The van der Waals surface area contributed by atoms with Crippen LogP contribution in [-0.4, -0.2) is 24.2 Å². The molecule has 0 saturated carbocycles. The Balaban J connectivity index is 1.13. The molecule has 0 atom stereocenters. The maximum Gasteiger partial charge on any atom is 0.149 e. The highest BCUT2D eigenvalue weighted by Gasteiger charge is 2.26.